The maximum atomic E-state index is 13.2. The monoisotopic (exact) mass is 1170 g/mol. The molecule has 31 nitrogen and oxygen atoms in total. The van der Waals surface area contributed by atoms with Gasteiger partial charge in [-0.15, -0.1) is 0 Å². The third kappa shape index (κ3) is 22.7. The second kappa shape index (κ2) is 32.3. The highest BCUT2D eigenvalue weighted by atomic mass is 16.2. The molecule has 15 amide bonds. The highest BCUT2D eigenvalue weighted by Crippen LogP contribution is 2.19. The van der Waals surface area contributed by atoms with E-state index in [4.69, 9.17) is 5.73 Å². The summed E-state index contributed by atoms with van der Waals surface area (Å²) in [5.74, 6) is -11.4. The quantitative estimate of drug-likeness (QED) is 0.0347. The molecule has 1 heterocycles. The van der Waals surface area contributed by atoms with Crippen LogP contribution in [-0.4, -0.2) is 178 Å². The molecule has 0 spiro atoms. The summed E-state index contributed by atoms with van der Waals surface area (Å²) in [6, 6.07) is -9.20. The largest absolute Gasteiger partial charge is 0.368 e. The second-order valence-electron chi connectivity index (χ2n) is 20.2. The van der Waals surface area contributed by atoms with E-state index in [-0.39, 0.29) is 6.42 Å². The Morgan fingerprint density at radius 2 is 0.554 bits per heavy atom. The Bertz CT molecular complexity index is 2770. The first kappa shape index (κ1) is 69.9. The number of aromatic nitrogens is 1. The van der Waals surface area contributed by atoms with E-state index in [0.717, 1.165) is 16.5 Å². The fraction of sp³-hybridized carbons (Fsp3) is 0.558. The van der Waals surface area contributed by atoms with Gasteiger partial charge >= 0.3 is 0 Å². The van der Waals surface area contributed by atoms with Crippen LogP contribution in [0.25, 0.3) is 10.9 Å². The van der Waals surface area contributed by atoms with E-state index in [2.05, 4.69) is 79.4 Å². The molecule has 1 aromatic carbocycles. The molecular formula is C52H80N16O15. The number of hydrogen-bond acceptors (Lipinski definition) is 15. The average molecular weight is 1170 g/mol. The fourth-order valence-electron chi connectivity index (χ4n) is 7.21. The van der Waals surface area contributed by atoms with E-state index in [1.54, 1.807) is 6.20 Å². The first-order valence-corrected chi connectivity index (χ1v) is 26.6. The molecule has 0 aliphatic heterocycles. The van der Waals surface area contributed by atoms with Crippen molar-refractivity contribution >= 4 is 99.5 Å². The Labute approximate surface area is 479 Å². The Balaban J connectivity index is 1.78. The number of hydrogen-bond donors (Lipinski definition) is 16. The predicted octanol–water partition coefficient (Wildman–Crippen LogP) is -5.74. The Hall–Kier alpha value is -9.19. The highest BCUT2D eigenvalue weighted by Gasteiger charge is 2.32. The van der Waals surface area contributed by atoms with Crippen molar-refractivity contribution in [3.63, 3.8) is 0 Å². The maximum absolute atomic E-state index is 13.2. The number of carbonyl (C=O) groups excluding carboxylic acids is 15. The van der Waals surface area contributed by atoms with Crippen LogP contribution in [0, 0.1) is 0 Å². The Morgan fingerprint density at radius 3 is 0.783 bits per heavy atom. The van der Waals surface area contributed by atoms with Gasteiger partial charge in [-0.1, -0.05) is 18.2 Å². The molecule has 0 unspecified atom stereocenters. The van der Waals surface area contributed by atoms with E-state index in [0.29, 0.717) is 0 Å². The molecular weight excluding hydrogens is 1090 g/mol. The van der Waals surface area contributed by atoms with Gasteiger partial charge in [-0.25, -0.2) is 0 Å². The molecule has 1 aromatic heterocycles. The molecule has 17 N–H and O–H groups in total. The molecule has 2 aromatic rings. The molecule has 2 rings (SSSR count). The van der Waals surface area contributed by atoms with Crippen molar-refractivity contribution in [2.45, 2.75) is 188 Å². The number of H-pyrrole nitrogens is 1. The van der Waals surface area contributed by atoms with E-state index in [1.165, 1.54) is 96.9 Å². The molecule has 83 heavy (non-hydrogen) atoms. The number of fused-ring (bicyclic) bond motifs is 1. The minimum Gasteiger partial charge on any atom is -0.368 e. The molecule has 31 heteroatoms. The lowest BCUT2D eigenvalue weighted by atomic mass is 10.0. The molecule has 0 saturated carbocycles. The van der Waals surface area contributed by atoms with Crippen LogP contribution >= 0.6 is 0 Å². The number of amides is 15. The van der Waals surface area contributed by atoms with Crippen LogP contribution < -0.4 is 80.2 Å². The summed E-state index contributed by atoms with van der Waals surface area (Å²) >= 11 is 0. The number of benzene rings is 1. The smallest absolute Gasteiger partial charge is 0.243 e. The molecule has 458 valence electrons. The van der Waals surface area contributed by atoms with Crippen molar-refractivity contribution in [3.8, 4) is 0 Å². The van der Waals surface area contributed by atoms with E-state index >= 15 is 0 Å². The number of para-hydroxylation sites is 1. The number of primary amides is 1. The Kier molecular flexibility index (Phi) is 27.2. The van der Waals surface area contributed by atoms with E-state index in [9.17, 15) is 71.9 Å². The number of rotatable bonds is 30. The third-order valence-electron chi connectivity index (χ3n) is 12.6. The van der Waals surface area contributed by atoms with Crippen molar-refractivity contribution in [2.24, 2.45) is 5.73 Å². The second-order valence-corrected chi connectivity index (χ2v) is 20.2. The van der Waals surface area contributed by atoms with Gasteiger partial charge in [0.1, 0.15) is 84.6 Å². The van der Waals surface area contributed by atoms with E-state index in [1.807, 2.05) is 24.3 Å². The van der Waals surface area contributed by atoms with Crippen LogP contribution in [0.2, 0.25) is 0 Å². The normalized spacial score (nSPS) is 16.0. The van der Waals surface area contributed by atoms with E-state index < -0.39 is 173 Å². The first-order valence-electron chi connectivity index (χ1n) is 26.6. The standard InChI is InChI=1S/C52H80N16O15/c1-21(39(53)70)55-40(71)22(2)56-41(72)23(3)57-42(73)24(4)58-43(74)25(5)59-44(75)26(6)60-45(76)27(7)61-46(77)28(8)62-47(78)29(9)63-48(79)30(10)64-49(80)31(11)65-50(81)32(12)66-51(82)33(13)67-52(83)38(68-34(14)69)19-35-20-54-37-18-16-15-17-36(35)37/h15-18,20-33,38,54H,19H2,1-14H3,(H2,53,70)(H,55,71)(H,56,72)(H,57,73)(H,58,74)(H,59,75)(H,60,76)(H,61,77)(H,62,78)(H,63,79)(H,64,80)(H,65,81)(H,66,82)(H,67,83)(H,68,69)/t21-,22-,23-,24-,25-,26-,27-,28-,29-,30-,31-,32-,33-,38-/m0/s1. The van der Waals surface area contributed by atoms with Crippen molar-refractivity contribution in [2.75, 3.05) is 0 Å². The van der Waals surface area contributed by atoms with Gasteiger partial charge in [-0.2, -0.15) is 0 Å². The van der Waals surface area contributed by atoms with Crippen molar-refractivity contribution in [1.29, 1.82) is 0 Å². The molecule has 0 saturated heterocycles. The number of nitrogens with two attached hydrogens (primary N) is 1. The van der Waals surface area contributed by atoms with Crippen molar-refractivity contribution < 1.29 is 71.9 Å². The van der Waals surface area contributed by atoms with Crippen LogP contribution in [0.4, 0.5) is 0 Å². The van der Waals surface area contributed by atoms with Crippen LogP contribution in [-0.2, 0) is 78.3 Å². The number of aromatic amines is 1. The van der Waals surface area contributed by atoms with Gasteiger partial charge in [-0.05, 0) is 102 Å². The lowest BCUT2D eigenvalue weighted by Crippen LogP contribution is -2.59. The Morgan fingerprint density at radius 1 is 0.337 bits per heavy atom. The third-order valence-corrected chi connectivity index (χ3v) is 12.6. The van der Waals surface area contributed by atoms with Crippen molar-refractivity contribution in [1.82, 2.24) is 79.4 Å². The zero-order valence-electron chi connectivity index (χ0n) is 48.9. The van der Waals surface area contributed by atoms with Gasteiger partial charge in [0.2, 0.25) is 88.6 Å². The molecule has 0 aliphatic rings. The summed E-state index contributed by atoms with van der Waals surface area (Å²) in [5, 5.41) is 34.7. The van der Waals surface area contributed by atoms with Crippen LogP contribution in [0.5, 0.6) is 0 Å². The number of carbonyl (C=O) groups is 15. The highest BCUT2D eigenvalue weighted by molar-refractivity contribution is 6.00. The summed E-state index contributed by atoms with van der Waals surface area (Å²) in [6.45, 7) is 18.4. The summed E-state index contributed by atoms with van der Waals surface area (Å²) in [4.78, 5) is 194. The van der Waals surface area contributed by atoms with Gasteiger partial charge in [-0.3, -0.25) is 71.9 Å². The minimum absolute atomic E-state index is 0.116. The predicted molar refractivity (Wildman–Crippen MR) is 298 cm³/mol. The molecule has 0 aliphatic carbocycles. The maximum Gasteiger partial charge on any atom is 0.243 e. The first-order chi connectivity index (χ1) is 38.5. The van der Waals surface area contributed by atoms with Crippen LogP contribution in [0.1, 0.15) is 102 Å². The summed E-state index contributed by atoms with van der Waals surface area (Å²) < 4.78 is 0. The molecule has 0 bridgehead atoms. The summed E-state index contributed by atoms with van der Waals surface area (Å²) in [5.41, 5.74) is 6.72. The fourth-order valence-corrected chi connectivity index (χ4v) is 7.21. The van der Waals surface area contributed by atoms with Gasteiger partial charge < -0.3 is 85.2 Å². The van der Waals surface area contributed by atoms with Gasteiger partial charge in [0.05, 0.1) is 0 Å². The number of nitrogens with one attached hydrogen (secondary N) is 15. The van der Waals surface area contributed by atoms with Crippen molar-refractivity contribution in [3.05, 3.63) is 36.0 Å². The zero-order valence-corrected chi connectivity index (χ0v) is 48.9. The average Bonchev–Trinajstić information content (AvgIpc) is 4.04. The summed E-state index contributed by atoms with van der Waals surface area (Å²) in [7, 11) is 0. The van der Waals surface area contributed by atoms with Gasteiger partial charge in [0.15, 0.2) is 0 Å². The molecule has 14 atom stereocenters. The summed E-state index contributed by atoms with van der Waals surface area (Å²) in [6.07, 6.45) is 1.84. The van der Waals surface area contributed by atoms with Gasteiger partial charge in [0.25, 0.3) is 0 Å². The topological polar surface area (TPSA) is 466 Å². The zero-order chi connectivity index (χ0) is 63.3. The minimum atomic E-state index is -1.26. The lowest BCUT2D eigenvalue weighted by molar-refractivity contribution is -0.135. The molecule has 0 fully saturated rings. The SMILES string of the molecule is CC(=O)N[C@@H](Cc1c[nH]c2ccccc12)C(=O)N[C@@H](C)C(=O)N[C@@H](C)C(=O)N[C@@H](C)C(=O)N[C@@H](C)C(=O)N[C@@H](C)C(=O)N[C@@H](C)C(=O)N[C@@H](C)C(=O)N[C@@H](C)C(=O)N[C@@H](C)C(=O)N[C@@H](C)C(=O)N[C@@H](C)C(=O)N[C@@H](C)C(=O)N[C@@H](C)C(N)=O. The van der Waals surface area contributed by atoms with Crippen LogP contribution in [0.3, 0.4) is 0 Å². The lowest BCUT2D eigenvalue weighted by Gasteiger charge is -2.24. The van der Waals surface area contributed by atoms with Crippen LogP contribution in [0.15, 0.2) is 30.5 Å². The molecule has 0 radical (unpaired) electrons. The van der Waals surface area contributed by atoms with Gasteiger partial charge in [0, 0.05) is 30.4 Å².